The van der Waals surface area contributed by atoms with Crippen molar-refractivity contribution < 1.29 is 0 Å². The van der Waals surface area contributed by atoms with Gasteiger partial charge in [-0.1, -0.05) is 60.7 Å². The lowest BCUT2D eigenvalue weighted by molar-refractivity contribution is 0.798. The minimum atomic E-state index is 0.439. The molecule has 0 atom stereocenters. The van der Waals surface area contributed by atoms with Crippen LogP contribution in [0.3, 0.4) is 0 Å². The number of pyridine rings is 1. The summed E-state index contributed by atoms with van der Waals surface area (Å²) in [6.07, 6.45) is 1.69. The van der Waals surface area contributed by atoms with Crippen molar-refractivity contribution in [2.45, 2.75) is 13.1 Å². The van der Waals surface area contributed by atoms with E-state index in [4.69, 9.17) is 5.26 Å². The lowest BCUT2D eigenvalue weighted by Crippen LogP contribution is -2.22. The first-order valence-electron chi connectivity index (χ1n) is 7.54. The Kier molecular flexibility index (Phi) is 4.66. The Labute approximate surface area is 136 Å². The van der Waals surface area contributed by atoms with Gasteiger partial charge in [0.15, 0.2) is 0 Å². The van der Waals surface area contributed by atoms with E-state index >= 15 is 0 Å². The van der Waals surface area contributed by atoms with Gasteiger partial charge in [0.1, 0.15) is 11.8 Å². The molecule has 3 rings (SSSR count). The minimum Gasteiger partial charge on any atom is -0.363 e. The molecule has 0 unspecified atom stereocenters. The molecule has 1 aromatic heterocycles. The number of anilines is 1. The van der Waals surface area contributed by atoms with Crippen molar-refractivity contribution >= 4 is 5.69 Å². The highest BCUT2D eigenvalue weighted by molar-refractivity contribution is 5.49. The molecule has 0 N–H and O–H groups in total. The van der Waals surface area contributed by atoms with Crippen molar-refractivity contribution in [3.05, 3.63) is 95.8 Å². The maximum Gasteiger partial charge on any atom is 0.142 e. The van der Waals surface area contributed by atoms with E-state index in [9.17, 15) is 0 Å². The SMILES string of the molecule is N#Cc1cc(N(Cc2ccccc2)Cc2ccccc2)ccn1. The van der Waals surface area contributed by atoms with Crippen LogP contribution in [-0.4, -0.2) is 4.98 Å². The number of rotatable bonds is 5. The van der Waals surface area contributed by atoms with Crippen LogP contribution in [0.25, 0.3) is 0 Å². The molecule has 0 fully saturated rings. The van der Waals surface area contributed by atoms with Gasteiger partial charge in [0, 0.05) is 25.0 Å². The summed E-state index contributed by atoms with van der Waals surface area (Å²) in [5.74, 6) is 0. The van der Waals surface area contributed by atoms with E-state index in [-0.39, 0.29) is 0 Å². The van der Waals surface area contributed by atoms with E-state index in [1.807, 2.05) is 48.5 Å². The van der Waals surface area contributed by atoms with Gasteiger partial charge in [-0.2, -0.15) is 5.26 Å². The van der Waals surface area contributed by atoms with Crippen molar-refractivity contribution in [3.63, 3.8) is 0 Å². The summed E-state index contributed by atoms with van der Waals surface area (Å²) < 4.78 is 0. The second-order valence-corrected chi connectivity index (χ2v) is 5.34. The van der Waals surface area contributed by atoms with Gasteiger partial charge >= 0.3 is 0 Å². The second-order valence-electron chi connectivity index (χ2n) is 5.34. The van der Waals surface area contributed by atoms with Crippen LogP contribution in [0.4, 0.5) is 5.69 Å². The predicted octanol–water partition coefficient (Wildman–Crippen LogP) is 4.16. The Morgan fingerprint density at radius 3 is 1.91 bits per heavy atom. The average molecular weight is 299 g/mol. The van der Waals surface area contributed by atoms with Gasteiger partial charge in [-0.05, 0) is 23.3 Å². The minimum absolute atomic E-state index is 0.439. The van der Waals surface area contributed by atoms with Crippen molar-refractivity contribution in [2.75, 3.05) is 4.90 Å². The number of hydrogen-bond donors (Lipinski definition) is 0. The number of nitriles is 1. The Morgan fingerprint density at radius 2 is 1.39 bits per heavy atom. The van der Waals surface area contributed by atoms with Gasteiger partial charge in [-0.3, -0.25) is 0 Å². The van der Waals surface area contributed by atoms with Gasteiger partial charge in [0.05, 0.1) is 0 Å². The molecule has 0 spiro atoms. The molecule has 2 aromatic carbocycles. The van der Waals surface area contributed by atoms with Crippen LogP contribution in [0.15, 0.2) is 79.0 Å². The topological polar surface area (TPSA) is 39.9 Å². The lowest BCUT2D eigenvalue weighted by Gasteiger charge is -2.25. The van der Waals surface area contributed by atoms with Gasteiger partial charge in [-0.25, -0.2) is 4.98 Å². The summed E-state index contributed by atoms with van der Waals surface area (Å²) in [5, 5.41) is 9.09. The van der Waals surface area contributed by atoms with Crippen molar-refractivity contribution in [2.24, 2.45) is 0 Å². The van der Waals surface area contributed by atoms with Crippen molar-refractivity contribution in [3.8, 4) is 6.07 Å². The zero-order valence-corrected chi connectivity index (χ0v) is 12.8. The number of nitrogens with zero attached hydrogens (tertiary/aromatic N) is 3. The molecular weight excluding hydrogens is 282 g/mol. The first-order valence-corrected chi connectivity index (χ1v) is 7.54. The van der Waals surface area contributed by atoms with Gasteiger partial charge in [-0.15, -0.1) is 0 Å². The van der Waals surface area contributed by atoms with Gasteiger partial charge in [0.2, 0.25) is 0 Å². The number of benzene rings is 2. The molecule has 1 heterocycles. The van der Waals surface area contributed by atoms with Crippen LogP contribution in [0.5, 0.6) is 0 Å². The molecule has 0 saturated carbocycles. The smallest absolute Gasteiger partial charge is 0.142 e. The highest BCUT2D eigenvalue weighted by Crippen LogP contribution is 2.20. The monoisotopic (exact) mass is 299 g/mol. The Hall–Kier alpha value is -3.12. The van der Waals surface area contributed by atoms with Crippen LogP contribution < -0.4 is 4.90 Å². The van der Waals surface area contributed by atoms with Crippen LogP contribution in [0.2, 0.25) is 0 Å². The first-order chi connectivity index (χ1) is 11.3. The van der Waals surface area contributed by atoms with Crippen molar-refractivity contribution in [1.82, 2.24) is 4.98 Å². The zero-order valence-electron chi connectivity index (χ0n) is 12.8. The van der Waals surface area contributed by atoms with E-state index in [0.717, 1.165) is 18.8 Å². The summed E-state index contributed by atoms with van der Waals surface area (Å²) in [5.41, 5.74) is 3.91. The third-order valence-electron chi connectivity index (χ3n) is 3.66. The summed E-state index contributed by atoms with van der Waals surface area (Å²) in [7, 11) is 0. The molecule has 0 saturated heterocycles. The third kappa shape index (κ3) is 3.96. The molecule has 23 heavy (non-hydrogen) atoms. The van der Waals surface area contributed by atoms with Crippen LogP contribution in [-0.2, 0) is 13.1 Å². The lowest BCUT2D eigenvalue weighted by atomic mass is 10.1. The quantitative estimate of drug-likeness (QED) is 0.710. The summed E-state index contributed by atoms with van der Waals surface area (Å²) in [6.45, 7) is 1.56. The van der Waals surface area contributed by atoms with Crippen LogP contribution in [0.1, 0.15) is 16.8 Å². The standard InChI is InChI=1S/C20H17N3/c21-14-19-13-20(11-12-22-19)23(15-17-7-3-1-4-8-17)16-18-9-5-2-6-10-18/h1-13H,15-16H2. The molecule has 0 bridgehead atoms. The fraction of sp³-hybridized carbons (Fsp3) is 0.100. The molecule has 3 heteroatoms. The van der Waals surface area contributed by atoms with Gasteiger partial charge in [0.25, 0.3) is 0 Å². The highest BCUT2D eigenvalue weighted by atomic mass is 15.1. The molecule has 0 aliphatic rings. The Morgan fingerprint density at radius 1 is 0.826 bits per heavy atom. The first kappa shape index (κ1) is 14.8. The van der Waals surface area contributed by atoms with E-state index in [0.29, 0.717) is 5.69 Å². The Bertz CT molecular complexity index is 750. The zero-order chi connectivity index (χ0) is 15.9. The predicted molar refractivity (Wildman–Crippen MR) is 91.7 cm³/mol. The van der Waals surface area contributed by atoms with E-state index in [1.165, 1.54) is 11.1 Å². The fourth-order valence-corrected chi connectivity index (χ4v) is 2.52. The highest BCUT2D eigenvalue weighted by Gasteiger charge is 2.09. The number of hydrogen-bond acceptors (Lipinski definition) is 3. The molecule has 112 valence electrons. The second kappa shape index (κ2) is 7.24. The molecule has 0 aliphatic heterocycles. The molecule has 0 aliphatic carbocycles. The average Bonchev–Trinajstić information content (AvgIpc) is 2.63. The summed E-state index contributed by atoms with van der Waals surface area (Å²) in [6, 6.07) is 26.6. The summed E-state index contributed by atoms with van der Waals surface area (Å²) >= 11 is 0. The number of aromatic nitrogens is 1. The maximum absolute atomic E-state index is 9.09. The summed E-state index contributed by atoms with van der Waals surface area (Å²) in [4.78, 5) is 6.32. The third-order valence-corrected chi connectivity index (χ3v) is 3.66. The molecule has 3 aromatic rings. The van der Waals surface area contributed by atoms with Crippen LogP contribution in [0, 0.1) is 11.3 Å². The van der Waals surface area contributed by atoms with E-state index in [2.05, 4.69) is 40.2 Å². The van der Waals surface area contributed by atoms with Crippen LogP contribution >= 0.6 is 0 Å². The normalized spacial score (nSPS) is 10.0. The maximum atomic E-state index is 9.09. The molecule has 0 amide bonds. The van der Waals surface area contributed by atoms with E-state index in [1.54, 1.807) is 6.20 Å². The van der Waals surface area contributed by atoms with Gasteiger partial charge < -0.3 is 4.90 Å². The molecule has 0 radical (unpaired) electrons. The largest absolute Gasteiger partial charge is 0.363 e. The molecular formula is C20H17N3. The Balaban J connectivity index is 1.90. The fourth-order valence-electron chi connectivity index (χ4n) is 2.52. The molecule has 3 nitrogen and oxygen atoms in total. The van der Waals surface area contributed by atoms with Crippen molar-refractivity contribution in [1.29, 1.82) is 5.26 Å². The van der Waals surface area contributed by atoms with E-state index < -0.39 is 0 Å².